The molecule has 0 unspecified atom stereocenters. The minimum Gasteiger partial charge on any atom is -0.484 e. The molecule has 0 spiro atoms. The fourth-order valence-corrected chi connectivity index (χ4v) is 2.02. The molecular formula is C13H17Cl2NO2. The van der Waals surface area contributed by atoms with Crippen molar-refractivity contribution in [1.29, 1.82) is 0 Å². The summed E-state index contributed by atoms with van der Waals surface area (Å²) in [5, 5.41) is 0.973. The standard InChI is InChI=1S/C13H17Cl2NO2/c1-9(2)7-16(3)13(17)8-18-12-5-10(14)4-11(15)6-12/h4-6,9H,7-8H2,1-3H3. The third kappa shape index (κ3) is 5.15. The van der Waals surface area contributed by atoms with Crippen LogP contribution in [0.2, 0.25) is 10.0 Å². The van der Waals surface area contributed by atoms with E-state index in [0.29, 0.717) is 28.3 Å². The number of halogens is 2. The van der Waals surface area contributed by atoms with E-state index in [1.807, 2.05) is 0 Å². The van der Waals surface area contributed by atoms with E-state index >= 15 is 0 Å². The number of rotatable bonds is 5. The SMILES string of the molecule is CC(C)CN(C)C(=O)COc1cc(Cl)cc(Cl)c1. The molecule has 0 aliphatic heterocycles. The van der Waals surface area contributed by atoms with Gasteiger partial charge in [0.2, 0.25) is 0 Å². The Morgan fingerprint density at radius 2 is 1.83 bits per heavy atom. The zero-order valence-corrected chi connectivity index (χ0v) is 12.3. The summed E-state index contributed by atoms with van der Waals surface area (Å²) in [5.74, 6) is 0.859. The quantitative estimate of drug-likeness (QED) is 0.830. The molecule has 0 radical (unpaired) electrons. The van der Waals surface area contributed by atoms with Crippen molar-refractivity contribution in [2.75, 3.05) is 20.2 Å². The number of likely N-dealkylation sites (N-methyl/N-ethyl adjacent to an activating group) is 1. The van der Waals surface area contributed by atoms with Crippen LogP contribution in [-0.4, -0.2) is 31.0 Å². The lowest BCUT2D eigenvalue weighted by Crippen LogP contribution is -2.34. The highest BCUT2D eigenvalue weighted by Crippen LogP contribution is 2.24. The summed E-state index contributed by atoms with van der Waals surface area (Å²) < 4.78 is 5.37. The Kier molecular flexibility index (Phi) is 5.76. The van der Waals surface area contributed by atoms with E-state index in [1.165, 1.54) is 0 Å². The normalized spacial score (nSPS) is 10.6. The van der Waals surface area contributed by atoms with Gasteiger partial charge >= 0.3 is 0 Å². The van der Waals surface area contributed by atoms with Gasteiger partial charge in [0.15, 0.2) is 6.61 Å². The fourth-order valence-electron chi connectivity index (χ4n) is 1.52. The molecule has 0 aliphatic carbocycles. The summed E-state index contributed by atoms with van der Waals surface area (Å²) in [5.41, 5.74) is 0. The second-order valence-electron chi connectivity index (χ2n) is 4.56. The zero-order chi connectivity index (χ0) is 13.7. The molecule has 1 rings (SSSR count). The number of carbonyl (C=O) groups excluding carboxylic acids is 1. The minimum atomic E-state index is -0.0696. The molecule has 0 saturated heterocycles. The van der Waals surface area contributed by atoms with Crippen LogP contribution in [0.1, 0.15) is 13.8 Å². The highest BCUT2D eigenvalue weighted by molar-refractivity contribution is 6.34. The summed E-state index contributed by atoms with van der Waals surface area (Å²) >= 11 is 11.7. The molecule has 0 N–H and O–H groups in total. The topological polar surface area (TPSA) is 29.5 Å². The van der Waals surface area contributed by atoms with Crippen LogP contribution in [0.5, 0.6) is 5.75 Å². The number of amides is 1. The molecule has 1 aromatic carbocycles. The monoisotopic (exact) mass is 289 g/mol. The molecule has 0 heterocycles. The molecule has 18 heavy (non-hydrogen) atoms. The Balaban J connectivity index is 2.52. The second kappa shape index (κ2) is 6.86. The van der Waals surface area contributed by atoms with Gasteiger partial charge in [-0.25, -0.2) is 0 Å². The lowest BCUT2D eigenvalue weighted by Gasteiger charge is -2.19. The van der Waals surface area contributed by atoms with Crippen LogP contribution in [0.3, 0.4) is 0 Å². The lowest BCUT2D eigenvalue weighted by atomic mass is 10.2. The first-order chi connectivity index (χ1) is 8.38. The number of ether oxygens (including phenoxy) is 1. The smallest absolute Gasteiger partial charge is 0.260 e. The zero-order valence-electron chi connectivity index (χ0n) is 10.7. The van der Waals surface area contributed by atoms with Crippen LogP contribution in [-0.2, 0) is 4.79 Å². The molecule has 0 aliphatic rings. The molecule has 0 atom stereocenters. The van der Waals surface area contributed by atoms with Crippen molar-refractivity contribution in [3.63, 3.8) is 0 Å². The first-order valence-electron chi connectivity index (χ1n) is 5.71. The van der Waals surface area contributed by atoms with Crippen LogP contribution < -0.4 is 4.74 Å². The third-order valence-corrected chi connectivity index (χ3v) is 2.70. The minimum absolute atomic E-state index is 0.0140. The molecule has 0 fully saturated rings. The van der Waals surface area contributed by atoms with E-state index in [0.717, 1.165) is 0 Å². The van der Waals surface area contributed by atoms with Gasteiger partial charge < -0.3 is 9.64 Å². The maximum Gasteiger partial charge on any atom is 0.260 e. The van der Waals surface area contributed by atoms with Gasteiger partial charge in [0.1, 0.15) is 5.75 Å². The highest BCUT2D eigenvalue weighted by atomic mass is 35.5. The third-order valence-electron chi connectivity index (χ3n) is 2.26. The van der Waals surface area contributed by atoms with Crippen molar-refractivity contribution < 1.29 is 9.53 Å². The van der Waals surface area contributed by atoms with E-state index in [4.69, 9.17) is 27.9 Å². The van der Waals surface area contributed by atoms with Crippen molar-refractivity contribution in [3.8, 4) is 5.75 Å². The van der Waals surface area contributed by atoms with Crippen LogP contribution in [0.4, 0.5) is 0 Å². The number of nitrogens with zero attached hydrogens (tertiary/aromatic N) is 1. The van der Waals surface area contributed by atoms with E-state index in [9.17, 15) is 4.79 Å². The number of hydrogen-bond donors (Lipinski definition) is 0. The molecular weight excluding hydrogens is 273 g/mol. The van der Waals surface area contributed by atoms with Crippen LogP contribution >= 0.6 is 23.2 Å². The maximum absolute atomic E-state index is 11.8. The number of carbonyl (C=O) groups is 1. The fraction of sp³-hybridized carbons (Fsp3) is 0.462. The van der Waals surface area contributed by atoms with Gasteiger partial charge in [-0.3, -0.25) is 4.79 Å². The first kappa shape index (κ1) is 15.1. The molecule has 5 heteroatoms. The summed E-state index contributed by atoms with van der Waals surface area (Å²) in [6, 6.07) is 4.87. The summed E-state index contributed by atoms with van der Waals surface area (Å²) in [6.07, 6.45) is 0. The van der Waals surface area contributed by atoms with E-state index in [-0.39, 0.29) is 12.5 Å². The van der Waals surface area contributed by atoms with Gasteiger partial charge in [-0.2, -0.15) is 0 Å². The van der Waals surface area contributed by atoms with Gasteiger partial charge in [-0.15, -0.1) is 0 Å². The molecule has 0 bridgehead atoms. The number of benzene rings is 1. The Labute approximate surface area is 118 Å². The summed E-state index contributed by atoms with van der Waals surface area (Å²) in [6.45, 7) is 4.81. The van der Waals surface area contributed by atoms with E-state index < -0.39 is 0 Å². The molecule has 3 nitrogen and oxygen atoms in total. The number of hydrogen-bond acceptors (Lipinski definition) is 2. The molecule has 1 amide bonds. The van der Waals surface area contributed by atoms with Gasteiger partial charge in [-0.05, 0) is 24.1 Å². The van der Waals surface area contributed by atoms with Crippen LogP contribution in [0.15, 0.2) is 18.2 Å². The molecule has 1 aromatic rings. The predicted molar refractivity (Wildman–Crippen MR) is 74.4 cm³/mol. The average Bonchev–Trinajstić information content (AvgIpc) is 2.23. The Morgan fingerprint density at radius 3 is 2.33 bits per heavy atom. The largest absolute Gasteiger partial charge is 0.484 e. The summed E-state index contributed by atoms with van der Waals surface area (Å²) in [4.78, 5) is 13.4. The van der Waals surface area contributed by atoms with Crippen LogP contribution in [0.25, 0.3) is 0 Å². The molecule has 0 saturated carbocycles. The van der Waals surface area contributed by atoms with Crippen molar-refractivity contribution >= 4 is 29.1 Å². The van der Waals surface area contributed by atoms with Crippen molar-refractivity contribution in [2.24, 2.45) is 5.92 Å². The molecule has 100 valence electrons. The Hall–Kier alpha value is -0.930. The van der Waals surface area contributed by atoms with Crippen molar-refractivity contribution in [1.82, 2.24) is 4.90 Å². The first-order valence-corrected chi connectivity index (χ1v) is 6.47. The van der Waals surface area contributed by atoms with Gasteiger partial charge in [0.05, 0.1) is 0 Å². The van der Waals surface area contributed by atoms with Crippen LogP contribution in [0, 0.1) is 5.92 Å². The van der Waals surface area contributed by atoms with E-state index in [1.54, 1.807) is 30.1 Å². The van der Waals surface area contributed by atoms with Gasteiger partial charge in [-0.1, -0.05) is 37.0 Å². The summed E-state index contributed by atoms with van der Waals surface area (Å²) in [7, 11) is 1.76. The van der Waals surface area contributed by atoms with E-state index in [2.05, 4.69) is 13.8 Å². The lowest BCUT2D eigenvalue weighted by molar-refractivity contribution is -0.132. The molecule has 0 aromatic heterocycles. The van der Waals surface area contributed by atoms with Gasteiger partial charge in [0, 0.05) is 23.6 Å². The van der Waals surface area contributed by atoms with Gasteiger partial charge in [0.25, 0.3) is 5.91 Å². The average molecular weight is 290 g/mol. The van der Waals surface area contributed by atoms with Crippen molar-refractivity contribution in [2.45, 2.75) is 13.8 Å². The predicted octanol–water partition coefficient (Wildman–Crippen LogP) is 3.49. The Morgan fingerprint density at radius 1 is 1.28 bits per heavy atom. The highest BCUT2D eigenvalue weighted by Gasteiger charge is 2.11. The van der Waals surface area contributed by atoms with Crippen molar-refractivity contribution in [3.05, 3.63) is 28.2 Å². The second-order valence-corrected chi connectivity index (χ2v) is 5.43. The maximum atomic E-state index is 11.8. The Bertz CT molecular complexity index is 401.